The highest BCUT2D eigenvalue weighted by atomic mass is 16.7. The molecule has 4 fully saturated rings. The molecule has 8 atom stereocenters. The summed E-state index contributed by atoms with van der Waals surface area (Å²) in [5.74, 6) is 0. The molecule has 2 N–H and O–H groups in total. The van der Waals surface area contributed by atoms with E-state index in [1.807, 2.05) is 0 Å². The Hall–Kier alpha value is -0.320. The van der Waals surface area contributed by atoms with E-state index in [0.717, 1.165) is 52.0 Å². The van der Waals surface area contributed by atoms with E-state index in [1.165, 1.54) is 0 Å². The molecule has 0 unspecified atom stereocenters. The van der Waals surface area contributed by atoms with Crippen molar-refractivity contribution in [3.8, 4) is 0 Å². The monoisotopic (exact) mass is 372 g/mol. The Morgan fingerprint density at radius 3 is 1.62 bits per heavy atom. The first-order valence-corrected chi connectivity index (χ1v) is 9.85. The minimum absolute atomic E-state index is 0.102. The predicted octanol–water partition coefficient (Wildman–Crippen LogP) is 0.00340. The van der Waals surface area contributed by atoms with Crippen LogP contribution in [-0.2, 0) is 28.4 Å². The van der Waals surface area contributed by atoms with E-state index >= 15 is 0 Å². The van der Waals surface area contributed by atoms with Gasteiger partial charge in [0.25, 0.3) is 0 Å². The number of methoxy groups -OCH3 is 2. The first-order chi connectivity index (χ1) is 12.8. The molecule has 0 spiro atoms. The standard InChI is InChI=1S/C18H32N2O6/c1-21-15-7-11-17(13(25-15)9-19-11)23-5-3-4-6-24-18-12-8-16(22-2)26-14(18)10-20-12/h11-20H,3-10H2,1-2H3/t11-,12-,13-,14-,15+,16+,17+,18+/m1/s1. The average molecular weight is 372 g/mol. The largest absolute Gasteiger partial charge is 0.374 e. The highest BCUT2D eigenvalue weighted by Gasteiger charge is 2.45. The molecule has 4 bridgehead atoms. The van der Waals surface area contributed by atoms with Crippen LogP contribution in [0, 0.1) is 0 Å². The van der Waals surface area contributed by atoms with Crippen molar-refractivity contribution in [2.24, 2.45) is 0 Å². The fourth-order valence-corrected chi connectivity index (χ4v) is 4.51. The quantitative estimate of drug-likeness (QED) is 0.548. The summed E-state index contributed by atoms with van der Waals surface area (Å²) in [6, 6.07) is 0.675. The first kappa shape index (κ1) is 19.0. The van der Waals surface area contributed by atoms with Gasteiger partial charge in [0, 0.05) is 65.4 Å². The van der Waals surface area contributed by atoms with E-state index in [2.05, 4.69) is 10.6 Å². The fraction of sp³-hybridized carbons (Fsp3) is 1.00. The van der Waals surface area contributed by atoms with Crippen LogP contribution in [0.25, 0.3) is 0 Å². The number of rotatable bonds is 9. The molecule has 4 saturated heterocycles. The number of ether oxygens (including phenoxy) is 6. The van der Waals surface area contributed by atoms with Crippen LogP contribution in [0.5, 0.6) is 0 Å². The van der Waals surface area contributed by atoms with E-state index in [4.69, 9.17) is 28.4 Å². The Bertz CT molecular complexity index is 387. The molecule has 0 radical (unpaired) electrons. The maximum absolute atomic E-state index is 6.09. The molecule has 4 rings (SSSR count). The molecule has 26 heavy (non-hydrogen) atoms. The summed E-state index contributed by atoms with van der Waals surface area (Å²) >= 11 is 0. The summed E-state index contributed by atoms with van der Waals surface area (Å²) in [6.45, 7) is 3.17. The van der Waals surface area contributed by atoms with Crippen LogP contribution in [0.4, 0.5) is 0 Å². The van der Waals surface area contributed by atoms with Crippen molar-refractivity contribution < 1.29 is 28.4 Å². The molecule has 0 saturated carbocycles. The van der Waals surface area contributed by atoms with Gasteiger partial charge in [-0.05, 0) is 12.8 Å². The van der Waals surface area contributed by atoms with E-state index in [1.54, 1.807) is 14.2 Å². The summed E-state index contributed by atoms with van der Waals surface area (Å²) in [5.41, 5.74) is 0. The normalized spacial score (nSPS) is 44.5. The number of hydrogen-bond donors (Lipinski definition) is 2. The first-order valence-electron chi connectivity index (χ1n) is 9.85. The Balaban J connectivity index is 1.10. The van der Waals surface area contributed by atoms with Crippen LogP contribution in [0.1, 0.15) is 25.7 Å². The molecule has 150 valence electrons. The molecule has 0 aromatic carbocycles. The van der Waals surface area contributed by atoms with Crippen LogP contribution in [0.2, 0.25) is 0 Å². The van der Waals surface area contributed by atoms with Crippen molar-refractivity contribution in [3.63, 3.8) is 0 Å². The van der Waals surface area contributed by atoms with Crippen molar-refractivity contribution in [2.75, 3.05) is 40.5 Å². The number of unbranched alkanes of at least 4 members (excludes halogenated alkanes) is 1. The summed E-state index contributed by atoms with van der Waals surface area (Å²) in [7, 11) is 3.39. The predicted molar refractivity (Wildman–Crippen MR) is 92.9 cm³/mol. The zero-order chi connectivity index (χ0) is 17.9. The summed E-state index contributed by atoms with van der Waals surface area (Å²) in [4.78, 5) is 0. The molecular formula is C18H32N2O6. The lowest BCUT2D eigenvalue weighted by Crippen LogP contribution is -2.46. The van der Waals surface area contributed by atoms with Crippen LogP contribution in [-0.4, -0.2) is 89.6 Å². The molecule has 4 aliphatic heterocycles. The number of hydrogen-bond acceptors (Lipinski definition) is 8. The molecule has 0 aromatic rings. The third-order valence-electron chi connectivity index (χ3n) is 5.92. The van der Waals surface area contributed by atoms with Gasteiger partial charge in [0.15, 0.2) is 12.6 Å². The van der Waals surface area contributed by atoms with Gasteiger partial charge in [0.05, 0.1) is 0 Å². The van der Waals surface area contributed by atoms with Crippen LogP contribution in [0.15, 0.2) is 0 Å². The second-order valence-corrected chi connectivity index (χ2v) is 7.56. The summed E-state index contributed by atoms with van der Waals surface area (Å²) in [5, 5.41) is 6.93. The molecule has 0 aromatic heterocycles. The van der Waals surface area contributed by atoms with Gasteiger partial charge >= 0.3 is 0 Å². The molecule has 4 heterocycles. The van der Waals surface area contributed by atoms with Crippen molar-refractivity contribution in [1.29, 1.82) is 0 Å². The zero-order valence-electron chi connectivity index (χ0n) is 15.7. The second kappa shape index (κ2) is 8.79. The summed E-state index contributed by atoms with van der Waals surface area (Å²) in [6.07, 6.45) is 3.94. The Kier molecular flexibility index (Phi) is 6.43. The third-order valence-corrected chi connectivity index (χ3v) is 5.92. The Morgan fingerprint density at radius 1 is 0.769 bits per heavy atom. The number of nitrogens with one attached hydrogen (secondary N) is 2. The number of fused-ring (bicyclic) bond motifs is 4. The summed E-state index contributed by atoms with van der Waals surface area (Å²) < 4.78 is 34.6. The van der Waals surface area contributed by atoms with Crippen LogP contribution < -0.4 is 10.6 Å². The van der Waals surface area contributed by atoms with E-state index < -0.39 is 0 Å². The Morgan fingerprint density at radius 2 is 1.23 bits per heavy atom. The molecule has 0 aliphatic carbocycles. The van der Waals surface area contributed by atoms with Crippen molar-refractivity contribution in [3.05, 3.63) is 0 Å². The van der Waals surface area contributed by atoms with E-state index in [9.17, 15) is 0 Å². The minimum Gasteiger partial charge on any atom is -0.374 e. The molecule has 4 aliphatic rings. The highest BCUT2D eigenvalue weighted by molar-refractivity contribution is 4.98. The lowest BCUT2D eigenvalue weighted by molar-refractivity contribution is -0.210. The molecule has 8 heteroatoms. The second-order valence-electron chi connectivity index (χ2n) is 7.56. The van der Waals surface area contributed by atoms with Crippen molar-refractivity contribution in [1.82, 2.24) is 10.6 Å². The fourth-order valence-electron chi connectivity index (χ4n) is 4.51. The van der Waals surface area contributed by atoms with Gasteiger partial charge in [-0.15, -0.1) is 0 Å². The van der Waals surface area contributed by atoms with Gasteiger partial charge in [-0.3, -0.25) is 0 Å². The zero-order valence-corrected chi connectivity index (χ0v) is 15.7. The van der Waals surface area contributed by atoms with Gasteiger partial charge in [0.1, 0.15) is 24.4 Å². The van der Waals surface area contributed by atoms with Crippen LogP contribution >= 0.6 is 0 Å². The molecule has 0 amide bonds. The SMILES string of the molecule is CO[C@@H]1C[C@H]2NC[C@@H](O1)[C@H]2OCCCCO[C@H]1[C@H]2C[C@@H](OC)O[C@@H]1CN2. The lowest BCUT2D eigenvalue weighted by Gasteiger charge is -2.34. The van der Waals surface area contributed by atoms with E-state index in [0.29, 0.717) is 12.1 Å². The molecule has 8 nitrogen and oxygen atoms in total. The smallest absolute Gasteiger partial charge is 0.159 e. The lowest BCUT2D eigenvalue weighted by atomic mass is 10.0. The van der Waals surface area contributed by atoms with Gasteiger partial charge in [-0.25, -0.2) is 0 Å². The van der Waals surface area contributed by atoms with Crippen LogP contribution in [0.3, 0.4) is 0 Å². The van der Waals surface area contributed by atoms with Gasteiger partial charge in [0.2, 0.25) is 0 Å². The average Bonchev–Trinajstić information content (AvgIpc) is 3.03. The molecular weight excluding hydrogens is 340 g/mol. The maximum Gasteiger partial charge on any atom is 0.159 e. The van der Waals surface area contributed by atoms with E-state index in [-0.39, 0.29) is 37.0 Å². The van der Waals surface area contributed by atoms with Gasteiger partial charge in [-0.2, -0.15) is 0 Å². The Labute approximate surface area is 155 Å². The topological polar surface area (TPSA) is 79.4 Å². The highest BCUT2D eigenvalue weighted by Crippen LogP contribution is 2.29. The van der Waals surface area contributed by atoms with Gasteiger partial charge in [-0.1, -0.05) is 0 Å². The minimum atomic E-state index is -0.104. The third kappa shape index (κ3) is 4.07. The maximum atomic E-state index is 6.09. The van der Waals surface area contributed by atoms with Crippen molar-refractivity contribution in [2.45, 2.75) is 74.8 Å². The van der Waals surface area contributed by atoms with Crippen molar-refractivity contribution >= 4 is 0 Å². The van der Waals surface area contributed by atoms with Gasteiger partial charge < -0.3 is 39.1 Å².